The lowest BCUT2D eigenvalue weighted by Crippen LogP contribution is -2.09. The first-order valence-electron chi connectivity index (χ1n) is 15.2. The van der Waals surface area contributed by atoms with E-state index in [9.17, 15) is 14.2 Å². The molecule has 0 bridgehead atoms. The van der Waals surface area contributed by atoms with Gasteiger partial charge in [-0.2, -0.15) is 0 Å². The highest BCUT2D eigenvalue weighted by Gasteiger charge is 2.26. The molecule has 0 fully saturated rings. The van der Waals surface area contributed by atoms with Crippen molar-refractivity contribution in [2.24, 2.45) is 0 Å². The summed E-state index contributed by atoms with van der Waals surface area (Å²) < 4.78 is 12.0. The van der Waals surface area contributed by atoms with Crippen molar-refractivity contribution in [3.05, 3.63) is 100 Å². The average Bonchev–Trinajstić information content (AvgIpc) is 2.94. The molecule has 43 heavy (non-hydrogen) atoms. The smallest absolute Gasteiger partial charge is 0.221 e. The van der Waals surface area contributed by atoms with E-state index in [1.54, 1.807) is 20.3 Å². The molecule has 236 valence electrons. The first-order valence-corrected chi connectivity index (χ1v) is 17.8. The number of Topliss-reactive ketones (excluding diaryl/α,β-unsaturated/α-hetero) is 1. The van der Waals surface area contributed by atoms with Crippen LogP contribution in [0.2, 0.25) is 0 Å². The lowest BCUT2D eigenvalue weighted by molar-refractivity contribution is 0.101. The zero-order valence-electron chi connectivity index (χ0n) is 30.7. The maximum atomic E-state index is 12.3. The van der Waals surface area contributed by atoms with Crippen LogP contribution in [0.1, 0.15) is 117 Å². The van der Waals surface area contributed by atoms with Crippen molar-refractivity contribution in [2.45, 2.75) is 118 Å². The van der Waals surface area contributed by atoms with Gasteiger partial charge >= 0.3 is 0 Å². The minimum atomic E-state index is -2.73. The molecule has 3 aromatic carbocycles. The molecule has 0 radical (unpaired) electrons. The fourth-order valence-electron chi connectivity index (χ4n) is 5.81. The first kappa shape index (κ1) is 38.3. The van der Waals surface area contributed by atoms with Gasteiger partial charge in [0.15, 0.2) is 5.78 Å². The lowest BCUT2D eigenvalue weighted by Gasteiger charge is -2.19. The van der Waals surface area contributed by atoms with E-state index in [-0.39, 0.29) is 11.3 Å². The SMILES string of the molecule is CC(=O)c1c(C)c(C)c(C)c(C)c1C.Cc1c(C)c(C)c(C(=O)P(C)(C)=O)c(C)c1C.Cc1c(C)c(C)c(C)c(C)c1C. The van der Waals surface area contributed by atoms with Gasteiger partial charge in [0.2, 0.25) is 5.52 Å². The molecule has 0 amide bonds. The molecular formula is C39H57O3P. The quantitative estimate of drug-likeness (QED) is 0.221. The lowest BCUT2D eigenvalue weighted by atomic mass is 9.88. The van der Waals surface area contributed by atoms with Gasteiger partial charge in [0.25, 0.3) is 0 Å². The second kappa shape index (κ2) is 14.3. The number of ketones is 1. The van der Waals surface area contributed by atoms with Crippen molar-refractivity contribution in [3.8, 4) is 0 Å². The predicted octanol–water partition coefficient (Wildman–Crippen LogP) is 11.0. The van der Waals surface area contributed by atoms with Crippen molar-refractivity contribution in [1.29, 1.82) is 0 Å². The molecule has 0 aromatic heterocycles. The van der Waals surface area contributed by atoms with Crippen LogP contribution in [0.3, 0.4) is 0 Å². The highest BCUT2D eigenvalue weighted by atomic mass is 31.2. The van der Waals surface area contributed by atoms with Crippen LogP contribution in [0.5, 0.6) is 0 Å². The van der Waals surface area contributed by atoms with Crippen LogP contribution in [0.25, 0.3) is 0 Å². The van der Waals surface area contributed by atoms with E-state index in [2.05, 4.69) is 69.2 Å². The van der Waals surface area contributed by atoms with Crippen molar-refractivity contribution < 1.29 is 14.2 Å². The van der Waals surface area contributed by atoms with E-state index in [0.29, 0.717) is 5.56 Å². The van der Waals surface area contributed by atoms with Crippen molar-refractivity contribution in [1.82, 2.24) is 0 Å². The minimum absolute atomic E-state index is 0.172. The fourth-order valence-corrected chi connectivity index (χ4v) is 6.68. The maximum Gasteiger partial charge on any atom is 0.221 e. The summed E-state index contributed by atoms with van der Waals surface area (Å²) in [5, 5.41) is 0. The van der Waals surface area contributed by atoms with Gasteiger partial charge in [-0.3, -0.25) is 9.59 Å². The van der Waals surface area contributed by atoms with Crippen LogP contribution >= 0.6 is 7.14 Å². The summed E-state index contributed by atoms with van der Waals surface area (Å²) in [5.41, 5.74) is 21.6. The Hall–Kier alpha value is -2.77. The molecule has 3 rings (SSSR count). The zero-order valence-corrected chi connectivity index (χ0v) is 31.6. The van der Waals surface area contributed by atoms with E-state index in [1.807, 2.05) is 41.5 Å². The number of hydrogen-bond acceptors (Lipinski definition) is 3. The van der Waals surface area contributed by atoms with Gasteiger partial charge in [0.1, 0.15) is 7.14 Å². The summed E-state index contributed by atoms with van der Waals surface area (Å²) in [6.45, 7) is 38.3. The van der Waals surface area contributed by atoms with Crippen LogP contribution in [0.4, 0.5) is 0 Å². The molecule has 0 heterocycles. The van der Waals surface area contributed by atoms with Crippen molar-refractivity contribution in [3.63, 3.8) is 0 Å². The van der Waals surface area contributed by atoms with E-state index in [0.717, 1.165) is 38.9 Å². The molecule has 0 atom stereocenters. The van der Waals surface area contributed by atoms with Gasteiger partial charge in [-0.05, 0) is 220 Å². The topological polar surface area (TPSA) is 51.2 Å². The van der Waals surface area contributed by atoms with Crippen LogP contribution < -0.4 is 0 Å². The molecule has 0 saturated carbocycles. The molecule has 0 spiro atoms. The van der Waals surface area contributed by atoms with Gasteiger partial charge in [0.05, 0.1) is 0 Å². The Balaban J connectivity index is 0.000000328. The van der Waals surface area contributed by atoms with E-state index in [4.69, 9.17) is 0 Å². The second-order valence-electron chi connectivity index (χ2n) is 13.0. The Morgan fingerprint density at radius 1 is 0.349 bits per heavy atom. The fraction of sp³-hybridized carbons (Fsp3) is 0.487. The first-order chi connectivity index (χ1) is 19.4. The van der Waals surface area contributed by atoms with Crippen molar-refractivity contribution in [2.75, 3.05) is 13.3 Å². The Kier molecular flexibility index (Phi) is 12.8. The molecular weight excluding hydrogens is 547 g/mol. The highest BCUT2D eigenvalue weighted by molar-refractivity contribution is 7.79. The summed E-state index contributed by atoms with van der Waals surface area (Å²) in [4.78, 5) is 23.8. The second-order valence-corrected chi connectivity index (χ2v) is 16.1. The number of carbonyl (C=O) groups is 2. The molecule has 0 aliphatic rings. The third-order valence-corrected chi connectivity index (χ3v) is 11.6. The molecule has 3 aromatic rings. The molecule has 0 unspecified atom stereocenters. The molecule has 0 N–H and O–H groups in total. The van der Waals surface area contributed by atoms with Crippen LogP contribution in [-0.2, 0) is 4.57 Å². The Bertz CT molecular complexity index is 1480. The average molecular weight is 605 g/mol. The monoisotopic (exact) mass is 604 g/mol. The number of carbonyl (C=O) groups excluding carboxylic acids is 2. The Morgan fingerprint density at radius 2 is 0.512 bits per heavy atom. The number of benzene rings is 3. The molecule has 0 aliphatic carbocycles. The summed E-state index contributed by atoms with van der Waals surface area (Å²) in [7, 11) is -2.73. The Morgan fingerprint density at radius 3 is 0.674 bits per heavy atom. The third-order valence-electron chi connectivity index (χ3n) is 10.4. The van der Waals surface area contributed by atoms with Crippen LogP contribution in [-0.4, -0.2) is 24.6 Å². The number of rotatable bonds is 3. The predicted molar refractivity (Wildman–Crippen MR) is 189 cm³/mol. The number of hydrogen-bond donors (Lipinski definition) is 0. The van der Waals surface area contributed by atoms with E-state index >= 15 is 0 Å². The normalized spacial score (nSPS) is 11.0. The zero-order chi connectivity index (χ0) is 34.0. The molecule has 0 aliphatic heterocycles. The van der Waals surface area contributed by atoms with E-state index in [1.165, 1.54) is 55.6 Å². The summed E-state index contributed by atoms with van der Waals surface area (Å²) >= 11 is 0. The summed E-state index contributed by atoms with van der Waals surface area (Å²) in [5.74, 6) is 0.172. The molecule has 0 saturated heterocycles. The standard InChI is InChI=1S/C14H21O2P.C13H18O.C12H18/c1-8-9(2)11(4)13(12(5)10(8)3)14(15)17(6,7)16;1-7-8(2)10(4)13(12(6)14)11(5)9(7)3;1-7-8(2)10(4)12(6)11(5)9(7)3/h1-7H3;1-6H3;1-6H3. The van der Waals surface area contributed by atoms with Gasteiger partial charge in [-0.25, -0.2) is 0 Å². The maximum absolute atomic E-state index is 12.3. The van der Waals surface area contributed by atoms with Gasteiger partial charge in [-0.1, -0.05) is 0 Å². The van der Waals surface area contributed by atoms with Crippen LogP contribution in [0.15, 0.2) is 0 Å². The largest absolute Gasteiger partial charge is 0.316 e. The minimum Gasteiger partial charge on any atom is -0.316 e. The highest BCUT2D eigenvalue weighted by Crippen LogP contribution is 2.43. The molecule has 4 heteroatoms. The van der Waals surface area contributed by atoms with Gasteiger partial charge in [-0.15, -0.1) is 0 Å². The summed E-state index contributed by atoms with van der Waals surface area (Å²) in [6.07, 6.45) is 0. The third kappa shape index (κ3) is 7.85. The van der Waals surface area contributed by atoms with E-state index < -0.39 is 7.14 Å². The Labute approximate surface area is 263 Å². The summed E-state index contributed by atoms with van der Waals surface area (Å²) in [6, 6.07) is 0. The van der Waals surface area contributed by atoms with Crippen LogP contribution in [0, 0.1) is 111 Å². The van der Waals surface area contributed by atoms with Crippen molar-refractivity contribution >= 4 is 18.4 Å². The molecule has 3 nitrogen and oxygen atoms in total. The van der Waals surface area contributed by atoms with Gasteiger partial charge < -0.3 is 4.57 Å². The van der Waals surface area contributed by atoms with Gasteiger partial charge in [0, 0.05) is 11.1 Å².